The van der Waals surface area contributed by atoms with E-state index in [4.69, 9.17) is 13.6 Å². The Labute approximate surface area is 145 Å². The van der Waals surface area contributed by atoms with Gasteiger partial charge in [0, 0.05) is 5.56 Å². The molecule has 0 aliphatic carbocycles. The number of esters is 1. The number of benzene rings is 1. The van der Waals surface area contributed by atoms with E-state index in [1.807, 2.05) is 18.2 Å². The first-order chi connectivity index (χ1) is 12.2. The molecule has 25 heavy (non-hydrogen) atoms. The van der Waals surface area contributed by atoms with E-state index in [0.29, 0.717) is 23.3 Å². The molecule has 0 saturated carbocycles. The van der Waals surface area contributed by atoms with Crippen molar-refractivity contribution in [2.45, 2.75) is 13.3 Å². The van der Waals surface area contributed by atoms with Crippen LogP contribution in [-0.2, 0) is 11.2 Å². The maximum absolute atomic E-state index is 12.3. The predicted molar refractivity (Wildman–Crippen MR) is 93.2 cm³/mol. The normalized spacial score (nSPS) is 11.1. The summed E-state index contributed by atoms with van der Waals surface area (Å²) in [4.78, 5) is 12.3. The van der Waals surface area contributed by atoms with Gasteiger partial charge in [0.15, 0.2) is 0 Å². The molecular formula is C20H18O5. The van der Waals surface area contributed by atoms with Crippen LogP contribution in [0.2, 0.25) is 0 Å². The van der Waals surface area contributed by atoms with Crippen LogP contribution in [0, 0.1) is 0 Å². The van der Waals surface area contributed by atoms with Crippen molar-refractivity contribution in [1.82, 2.24) is 0 Å². The minimum atomic E-state index is -0.580. The minimum absolute atomic E-state index is 0.101. The lowest BCUT2D eigenvalue weighted by Gasteiger charge is -2.12. The lowest BCUT2D eigenvalue weighted by molar-refractivity contribution is 0.0523. The third-order valence-electron chi connectivity index (χ3n) is 3.69. The summed E-state index contributed by atoms with van der Waals surface area (Å²) in [5.41, 5.74) is 1.22. The van der Waals surface area contributed by atoms with Crippen molar-refractivity contribution in [1.29, 1.82) is 0 Å². The number of phenols is 1. The highest BCUT2D eigenvalue weighted by atomic mass is 16.5. The number of hydrogen-bond acceptors (Lipinski definition) is 5. The number of allylic oxidation sites excluding steroid dienone is 1. The van der Waals surface area contributed by atoms with E-state index in [2.05, 4.69) is 0 Å². The van der Waals surface area contributed by atoms with Crippen LogP contribution in [0.4, 0.5) is 0 Å². The van der Waals surface area contributed by atoms with Crippen LogP contribution in [0.15, 0.2) is 63.8 Å². The summed E-state index contributed by atoms with van der Waals surface area (Å²) in [5.74, 6) is 0.535. The average molecular weight is 338 g/mol. The molecule has 1 aromatic carbocycles. The summed E-state index contributed by atoms with van der Waals surface area (Å²) in [6.45, 7) is 1.94. The van der Waals surface area contributed by atoms with Gasteiger partial charge in [-0.05, 0) is 55.3 Å². The summed E-state index contributed by atoms with van der Waals surface area (Å²) < 4.78 is 15.7. The van der Waals surface area contributed by atoms with Crippen molar-refractivity contribution < 1.29 is 23.5 Å². The van der Waals surface area contributed by atoms with E-state index < -0.39 is 5.97 Å². The maximum Gasteiger partial charge on any atom is 0.342 e. The number of carbonyl (C=O) groups excluding carboxylic acids is 1. The predicted octanol–water partition coefficient (Wildman–Crippen LogP) is 4.68. The SMILES string of the molecule is CCOC(=O)c1c(-c2ccco2)ccc(C/C=C/c2ccco2)c1O. The van der Waals surface area contributed by atoms with Crippen LogP contribution in [0.1, 0.15) is 28.6 Å². The van der Waals surface area contributed by atoms with Gasteiger partial charge in [0.1, 0.15) is 22.8 Å². The molecule has 0 saturated heterocycles. The first-order valence-electron chi connectivity index (χ1n) is 7.96. The molecule has 0 unspecified atom stereocenters. The zero-order valence-corrected chi connectivity index (χ0v) is 13.8. The molecule has 0 spiro atoms. The Morgan fingerprint density at radius 3 is 2.64 bits per heavy atom. The Bertz CT molecular complexity index is 858. The fraction of sp³-hybridized carbons (Fsp3) is 0.150. The van der Waals surface area contributed by atoms with E-state index >= 15 is 0 Å². The summed E-state index contributed by atoms with van der Waals surface area (Å²) in [7, 11) is 0. The van der Waals surface area contributed by atoms with Gasteiger partial charge in [0.25, 0.3) is 0 Å². The van der Waals surface area contributed by atoms with Gasteiger partial charge in [0.05, 0.1) is 19.1 Å². The Balaban J connectivity index is 1.95. The number of aromatic hydroxyl groups is 1. The molecule has 0 bridgehead atoms. The second kappa shape index (κ2) is 7.57. The van der Waals surface area contributed by atoms with Crippen LogP contribution < -0.4 is 0 Å². The molecule has 0 fully saturated rings. The summed E-state index contributed by atoms with van der Waals surface area (Å²) >= 11 is 0. The van der Waals surface area contributed by atoms with Gasteiger partial charge in [-0.3, -0.25) is 0 Å². The standard InChI is InChI=1S/C20H18O5/c1-2-23-20(22)18-16(17-9-5-13-25-17)11-10-14(19(18)21)6-3-7-15-8-4-12-24-15/h3-5,7-13,21H,2,6H2,1H3/b7-3+. The molecule has 5 nitrogen and oxygen atoms in total. The molecule has 2 aromatic heterocycles. The highest BCUT2D eigenvalue weighted by molar-refractivity contribution is 6.00. The summed E-state index contributed by atoms with van der Waals surface area (Å²) in [5, 5.41) is 10.6. The Morgan fingerprint density at radius 1 is 1.16 bits per heavy atom. The molecule has 3 rings (SSSR count). The fourth-order valence-electron chi connectivity index (χ4n) is 2.53. The second-order valence-corrected chi connectivity index (χ2v) is 5.32. The number of furan rings is 2. The Hall–Kier alpha value is -3.21. The number of hydrogen-bond donors (Lipinski definition) is 1. The largest absolute Gasteiger partial charge is 0.507 e. The van der Waals surface area contributed by atoms with Crippen molar-refractivity contribution in [3.63, 3.8) is 0 Å². The first-order valence-corrected chi connectivity index (χ1v) is 7.96. The lowest BCUT2D eigenvalue weighted by Crippen LogP contribution is -2.08. The van der Waals surface area contributed by atoms with Gasteiger partial charge in [-0.1, -0.05) is 12.1 Å². The molecule has 0 atom stereocenters. The van der Waals surface area contributed by atoms with Gasteiger partial charge in [0.2, 0.25) is 0 Å². The maximum atomic E-state index is 12.3. The van der Waals surface area contributed by atoms with E-state index in [0.717, 1.165) is 5.76 Å². The van der Waals surface area contributed by atoms with Crippen molar-refractivity contribution in [2.24, 2.45) is 0 Å². The van der Waals surface area contributed by atoms with Crippen molar-refractivity contribution in [3.8, 4) is 17.1 Å². The second-order valence-electron chi connectivity index (χ2n) is 5.32. The fourth-order valence-corrected chi connectivity index (χ4v) is 2.53. The van der Waals surface area contributed by atoms with E-state index in [1.165, 1.54) is 6.26 Å². The topological polar surface area (TPSA) is 72.8 Å². The number of phenolic OH excluding ortho intramolecular Hbond substituents is 1. The van der Waals surface area contributed by atoms with Crippen molar-refractivity contribution in [2.75, 3.05) is 6.61 Å². The van der Waals surface area contributed by atoms with Crippen LogP contribution >= 0.6 is 0 Å². The molecule has 3 aromatic rings. The monoisotopic (exact) mass is 338 g/mol. The van der Waals surface area contributed by atoms with Gasteiger partial charge in [-0.2, -0.15) is 0 Å². The van der Waals surface area contributed by atoms with E-state index in [9.17, 15) is 9.90 Å². The van der Waals surface area contributed by atoms with Gasteiger partial charge in [-0.15, -0.1) is 0 Å². The molecule has 128 valence electrons. The average Bonchev–Trinajstić information content (AvgIpc) is 3.29. The summed E-state index contributed by atoms with van der Waals surface area (Å²) in [6.07, 6.45) is 7.21. The summed E-state index contributed by atoms with van der Waals surface area (Å²) in [6, 6.07) is 10.6. The molecule has 0 radical (unpaired) electrons. The zero-order chi connectivity index (χ0) is 17.6. The van der Waals surface area contributed by atoms with Crippen molar-refractivity contribution >= 4 is 12.0 Å². The number of ether oxygens (including phenoxy) is 1. The Morgan fingerprint density at radius 2 is 1.96 bits per heavy atom. The molecular weight excluding hydrogens is 320 g/mol. The van der Waals surface area contributed by atoms with E-state index in [1.54, 1.807) is 43.5 Å². The molecule has 0 aliphatic rings. The molecule has 0 aliphatic heterocycles. The molecule has 2 heterocycles. The molecule has 5 heteroatoms. The van der Waals surface area contributed by atoms with Crippen molar-refractivity contribution in [3.05, 3.63) is 71.9 Å². The highest BCUT2D eigenvalue weighted by Gasteiger charge is 2.22. The van der Waals surface area contributed by atoms with Crippen LogP contribution in [0.5, 0.6) is 5.75 Å². The quantitative estimate of drug-likeness (QED) is 0.661. The molecule has 1 N–H and O–H groups in total. The minimum Gasteiger partial charge on any atom is -0.507 e. The van der Waals surface area contributed by atoms with Crippen LogP contribution in [-0.4, -0.2) is 17.7 Å². The third kappa shape index (κ3) is 3.66. The smallest absolute Gasteiger partial charge is 0.342 e. The van der Waals surface area contributed by atoms with Crippen LogP contribution in [0.25, 0.3) is 17.4 Å². The van der Waals surface area contributed by atoms with E-state index in [-0.39, 0.29) is 17.9 Å². The van der Waals surface area contributed by atoms with Gasteiger partial charge >= 0.3 is 5.97 Å². The van der Waals surface area contributed by atoms with Gasteiger partial charge < -0.3 is 18.7 Å². The molecule has 0 amide bonds. The highest BCUT2D eigenvalue weighted by Crippen LogP contribution is 2.34. The zero-order valence-electron chi connectivity index (χ0n) is 13.8. The van der Waals surface area contributed by atoms with Crippen LogP contribution in [0.3, 0.4) is 0 Å². The number of rotatable bonds is 6. The lowest BCUT2D eigenvalue weighted by atomic mass is 9.98. The third-order valence-corrected chi connectivity index (χ3v) is 3.69. The van der Waals surface area contributed by atoms with Gasteiger partial charge in [-0.25, -0.2) is 4.79 Å². The number of carbonyl (C=O) groups is 1. The first kappa shape index (κ1) is 16.6. The Kier molecular flexibility index (Phi) is 5.04.